The fourth-order valence-corrected chi connectivity index (χ4v) is 2.86. The Morgan fingerprint density at radius 1 is 1.33 bits per heavy atom. The average Bonchev–Trinajstić information content (AvgIpc) is 2.26. The maximum absolute atomic E-state index is 11.8. The molecule has 0 fully saturated rings. The SMILES string of the molecule is CCN(C(=O)CCCN)C(C)CS(=O)(=O)CC.Cl. The Balaban J connectivity index is 0. The molecule has 5 nitrogen and oxygen atoms in total. The van der Waals surface area contributed by atoms with Crippen LogP contribution in [0.25, 0.3) is 0 Å². The van der Waals surface area contributed by atoms with Crippen molar-refractivity contribution in [2.24, 2.45) is 5.73 Å². The first-order valence-corrected chi connectivity index (χ1v) is 7.90. The number of hydrogen-bond acceptors (Lipinski definition) is 4. The van der Waals surface area contributed by atoms with Gasteiger partial charge in [0.05, 0.1) is 5.75 Å². The molecule has 1 amide bonds. The zero-order chi connectivity index (χ0) is 13.5. The van der Waals surface area contributed by atoms with Gasteiger partial charge in [-0.15, -0.1) is 12.4 Å². The summed E-state index contributed by atoms with van der Waals surface area (Å²) in [5.41, 5.74) is 5.35. The highest BCUT2D eigenvalue weighted by Crippen LogP contribution is 2.07. The second kappa shape index (κ2) is 9.58. The van der Waals surface area contributed by atoms with Gasteiger partial charge in [-0.2, -0.15) is 0 Å². The Labute approximate surface area is 116 Å². The van der Waals surface area contributed by atoms with Crippen LogP contribution in [0.1, 0.15) is 33.6 Å². The van der Waals surface area contributed by atoms with Gasteiger partial charge in [0.25, 0.3) is 0 Å². The summed E-state index contributed by atoms with van der Waals surface area (Å²) in [6.45, 7) is 6.26. The molecule has 0 spiro atoms. The summed E-state index contributed by atoms with van der Waals surface area (Å²) in [4.78, 5) is 13.4. The Morgan fingerprint density at radius 2 is 1.89 bits per heavy atom. The third-order valence-corrected chi connectivity index (χ3v) is 4.59. The zero-order valence-corrected chi connectivity index (χ0v) is 13.0. The number of rotatable bonds is 8. The fraction of sp³-hybridized carbons (Fsp3) is 0.909. The van der Waals surface area contributed by atoms with Crippen molar-refractivity contribution in [3.8, 4) is 0 Å². The zero-order valence-electron chi connectivity index (χ0n) is 11.4. The standard InChI is InChI=1S/C11H24N2O3S.ClH/c1-4-13(11(14)7-6-8-12)10(3)9-17(15,16)5-2;/h10H,4-9,12H2,1-3H3;1H. The number of carbonyl (C=O) groups excluding carboxylic acids is 1. The van der Waals surface area contributed by atoms with Crippen molar-refractivity contribution in [1.29, 1.82) is 0 Å². The van der Waals surface area contributed by atoms with E-state index in [9.17, 15) is 13.2 Å². The molecule has 0 saturated heterocycles. The molecule has 1 atom stereocenters. The Kier molecular flexibility index (Phi) is 10.6. The van der Waals surface area contributed by atoms with Crippen LogP contribution in [0, 0.1) is 0 Å². The lowest BCUT2D eigenvalue weighted by molar-refractivity contribution is -0.132. The van der Waals surface area contributed by atoms with Crippen LogP contribution in [0.2, 0.25) is 0 Å². The van der Waals surface area contributed by atoms with Crippen LogP contribution < -0.4 is 5.73 Å². The van der Waals surface area contributed by atoms with Crippen LogP contribution in [0.5, 0.6) is 0 Å². The van der Waals surface area contributed by atoms with Crippen LogP contribution in [0.3, 0.4) is 0 Å². The van der Waals surface area contributed by atoms with Crippen LogP contribution in [-0.2, 0) is 14.6 Å². The van der Waals surface area contributed by atoms with Crippen molar-refractivity contribution in [1.82, 2.24) is 4.90 Å². The van der Waals surface area contributed by atoms with Gasteiger partial charge in [-0.3, -0.25) is 4.79 Å². The number of carbonyl (C=O) groups is 1. The first kappa shape index (κ1) is 20.0. The van der Waals surface area contributed by atoms with Gasteiger partial charge in [-0.05, 0) is 26.8 Å². The van der Waals surface area contributed by atoms with Gasteiger partial charge in [0.2, 0.25) is 5.91 Å². The van der Waals surface area contributed by atoms with Crippen molar-refractivity contribution < 1.29 is 13.2 Å². The van der Waals surface area contributed by atoms with E-state index in [1.807, 2.05) is 6.92 Å². The minimum absolute atomic E-state index is 0. The van der Waals surface area contributed by atoms with Gasteiger partial charge in [-0.1, -0.05) is 6.92 Å². The van der Waals surface area contributed by atoms with Gasteiger partial charge in [0.1, 0.15) is 0 Å². The number of amides is 1. The van der Waals surface area contributed by atoms with Crippen LogP contribution in [-0.4, -0.2) is 49.9 Å². The lowest BCUT2D eigenvalue weighted by Crippen LogP contribution is -2.42. The molecular formula is C11H25ClN2O3S. The number of hydrogen-bond donors (Lipinski definition) is 1. The third-order valence-electron chi connectivity index (χ3n) is 2.72. The normalized spacial score (nSPS) is 12.7. The first-order valence-electron chi connectivity index (χ1n) is 6.07. The van der Waals surface area contributed by atoms with E-state index in [0.29, 0.717) is 25.9 Å². The number of nitrogens with two attached hydrogens (primary N) is 1. The summed E-state index contributed by atoms with van der Waals surface area (Å²) < 4.78 is 23.0. The molecule has 110 valence electrons. The summed E-state index contributed by atoms with van der Waals surface area (Å²) in [6.07, 6.45) is 1.03. The number of sulfone groups is 1. The molecule has 2 N–H and O–H groups in total. The molecule has 0 rings (SSSR count). The Hall–Kier alpha value is -0.330. The Morgan fingerprint density at radius 3 is 2.28 bits per heavy atom. The second-order valence-electron chi connectivity index (χ2n) is 4.12. The van der Waals surface area contributed by atoms with Crippen molar-refractivity contribution in [3.63, 3.8) is 0 Å². The molecule has 0 aromatic heterocycles. The van der Waals surface area contributed by atoms with E-state index in [1.54, 1.807) is 18.7 Å². The smallest absolute Gasteiger partial charge is 0.222 e. The minimum Gasteiger partial charge on any atom is -0.339 e. The quantitative estimate of drug-likeness (QED) is 0.719. The van der Waals surface area contributed by atoms with E-state index in [1.165, 1.54) is 0 Å². The van der Waals surface area contributed by atoms with Crippen molar-refractivity contribution in [2.45, 2.75) is 39.7 Å². The molecule has 0 aromatic rings. The molecule has 7 heteroatoms. The van der Waals surface area contributed by atoms with Gasteiger partial charge in [-0.25, -0.2) is 8.42 Å². The highest BCUT2D eigenvalue weighted by molar-refractivity contribution is 7.91. The van der Waals surface area contributed by atoms with Crippen LogP contribution >= 0.6 is 12.4 Å². The highest BCUT2D eigenvalue weighted by atomic mass is 35.5. The second-order valence-corrected chi connectivity index (χ2v) is 6.52. The molecule has 1 unspecified atom stereocenters. The maximum Gasteiger partial charge on any atom is 0.222 e. The summed E-state index contributed by atoms with van der Waals surface area (Å²) in [5, 5.41) is 0. The molecule has 0 aliphatic carbocycles. The van der Waals surface area contributed by atoms with E-state index < -0.39 is 9.84 Å². The van der Waals surface area contributed by atoms with Crippen molar-refractivity contribution in [2.75, 3.05) is 24.6 Å². The minimum atomic E-state index is -3.05. The lowest BCUT2D eigenvalue weighted by atomic mass is 10.2. The summed E-state index contributed by atoms with van der Waals surface area (Å²) in [6, 6.07) is -0.268. The van der Waals surface area contributed by atoms with Gasteiger partial charge in [0.15, 0.2) is 9.84 Å². The lowest BCUT2D eigenvalue weighted by Gasteiger charge is -2.27. The van der Waals surface area contributed by atoms with E-state index >= 15 is 0 Å². The van der Waals surface area contributed by atoms with Gasteiger partial charge < -0.3 is 10.6 Å². The fourth-order valence-electron chi connectivity index (χ4n) is 1.71. The monoisotopic (exact) mass is 300 g/mol. The van der Waals surface area contributed by atoms with Crippen molar-refractivity contribution >= 4 is 28.2 Å². The van der Waals surface area contributed by atoms with Crippen LogP contribution in [0.4, 0.5) is 0 Å². The molecular weight excluding hydrogens is 276 g/mol. The van der Waals surface area contributed by atoms with E-state index in [4.69, 9.17) is 5.73 Å². The van der Waals surface area contributed by atoms with E-state index in [0.717, 1.165) is 0 Å². The molecule has 0 heterocycles. The molecule has 0 saturated carbocycles. The summed E-state index contributed by atoms with van der Waals surface area (Å²) >= 11 is 0. The van der Waals surface area contributed by atoms with Crippen LogP contribution in [0.15, 0.2) is 0 Å². The maximum atomic E-state index is 11.8. The first-order chi connectivity index (χ1) is 7.87. The molecule has 0 aromatic carbocycles. The van der Waals surface area contributed by atoms with Gasteiger partial charge in [0, 0.05) is 24.8 Å². The summed E-state index contributed by atoms with van der Waals surface area (Å²) in [7, 11) is -3.05. The van der Waals surface area contributed by atoms with Gasteiger partial charge >= 0.3 is 0 Å². The molecule has 0 aliphatic rings. The van der Waals surface area contributed by atoms with Crippen molar-refractivity contribution in [3.05, 3.63) is 0 Å². The number of halogens is 1. The predicted molar refractivity (Wildman–Crippen MR) is 76.7 cm³/mol. The average molecular weight is 301 g/mol. The third kappa shape index (κ3) is 7.18. The highest BCUT2D eigenvalue weighted by Gasteiger charge is 2.22. The van der Waals surface area contributed by atoms with E-state index in [2.05, 4.69) is 0 Å². The topological polar surface area (TPSA) is 80.5 Å². The largest absolute Gasteiger partial charge is 0.339 e. The molecule has 0 aliphatic heterocycles. The molecule has 0 radical (unpaired) electrons. The number of nitrogens with zero attached hydrogens (tertiary/aromatic N) is 1. The molecule has 0 bridgehead atoms. The Bertz CT molecular complexity index is 333. The predicted octanol–water partition coefficient (Wildman–Crippen LogP) is 0.819. The van der Waals surface area contributed by atoms with E-state index in [-0.39, 0.29) is 35.9 Å². The molecule has 18 heavy (non-hydrogen) atoms. The summed E-state index contributed by atoms with van der Waals surface area (Å²) in [5.74, 6) is 0.133.